The molecule has 0 unspecified atom stereocenters. The number of benzene rings is 1. The minimum atomic E-state index is -0.439. The second kappa shape index (κ2) is 8.49. The molecular weight excluding hydrogens is 381 g/mol. The van der Waals surface area contributed by atoms with E-state index in [2.05, 4.69) is 15.6 Å². The van der Waals surface area contributed by atoms with Gasteiger partial charge in [0.25, 0.3) is 5.56 Å². The van der Waals surface area contributed by atoms with Crippen molar-refractivity contribution in [1.82, 2.24) is 19.8 Å². The number of thiazole rings is 1. The van der Waals surface area contributed by atoms with Crippen LogP contribution in [0.3, 0.4) is 0 Å². The maximum atomic E-state index is 14.6. The second-order valence-electron chi connectivity index (χ2n) is 6.55. The summed E-state index contributed by atoms with van der Waals surface area (Å²) in [6.45, 7) is 3.61. The smallest absolute Gasteiger partial charge is 0.321 e. The van der Waals surface area contributed by atoms with Crippen LogP contribution in [0, 0.1) is 5.82 Å². The first-order valence-electron chi connectivity index (χ1n) is 8.88. The molecule has 0 aliphatic carbocycles. The summed E-state index contributed by atoms with van der Waals surface area (Å²) >= 11 is 1.19. The van der Waals surface area contributed by atoms with E-state index in [1.807, 2.05) is 25.9 Å². The summed E-state index contributed by atoms with van der Waals surface area (Å²) < 4.78 is 16.9. The summed E-state index contributed by atoms with van der Waals surface area (Å²) in [6, 6.07) is 5.77. The Hall–Kier alpha value is -2.78. The fourth-order valence-corrected chi connectivity index (χ4v) is 3.56. The highest BCUT2D eigenvalue weighted by Gasteiger charge is 2.13. The number of amides is 2. The topological polar surface area (TPSA) is 79.3 Å². The first kappa shape index (κ1) is 20.0. The lowest BCUT2D eigenvalue weighted by molar-refractivity contribution is 0.252. The number of nitrogens with one attached hydrogen (secondary N) is 2. The van der Waals surface area contributed by atoms with Crippen molar-refractivity contribution >= 4 is 32.7 Å². The molecule has 2 heterocycles. The van der Waals surface area contributed by atoms with E-state index in [0.717, 1.165) is 6.54 Å². The highest BCUT2D eigenvalue weighted by atomic mass is 32.1. The zero-order valence-electron chi connectivity index (χ0n) is 16.0. The average molecular weight is 403 g/mol. The SMILES string of the molecule is CCNC(=O)Nc1nc2cc(-c3ccn(CCN(C)C)c(=O)c3)c(F)cc2s1. The molecule has 3 rings (SSSR count). The highest BCUT2D eigenvalue weighted by Crippen LogP contribution is 2.32. The molecule has 0 bridgehead atoms. The number of carbonyl (C=O) groups excluding carboxylic acids is 1. The predicted molar refractivity (Wildman–Crippen MR) is 111 cm³/mol. The highest BCUT2D eigenvalue weighted by molar-refractivity contribution is 7.22. The quantitative estimate of drug-likeness (QED) is 0.663. The molecule has 28 heavy (non-hydrogen) atoms. The van der Waals surface area contributed by atoms with Gasteiger partial charge in [-0.2, -0.15) is 0 Å². The van der Waals surface area contributed by atoms with Crippen LogP contribution in [-0.4, -0.2) is 47.7 Å². The normalized spacial score (nSPS) is 11.2. The minimum Gasteiger partial charge on any atom is -0.338 e. The Morgan fingerprint density at radius 2 is 2.11 bits per heavy atom. The van der Waals surface area contributed by atoms with E-state index in [1.165, 1.54) is 23.5 Å². The molecule has 0 fully saturated rings. The van der Waals surface area contributed by atoms with Gasteiger partial charge in [0.05, 0.1) is 10.2 Å². The van der Waals surface area contributed by atoms with Crippen molar-refractivity contribution < 1.29 is 9.18 Å². The molecule has 0 aliphatic rings. The molecule has 2 N–H and O–H groups in total. The van der Waals surface area contributed by atoms with E-state index in [9.17, 15) is 14.0 Å². The first-order chi connectivity index (χ1) is 13.4. The number of aromatic nitrogens is 2. The summed E-state index contributed by atoms with van der Waals surface area (Å²) in [7, 11) is 3.87. The van der Waals surface area contributed by atoms with Crippen LogP contribution in [-0.2, 0) is 6.54 Å². The van der Waals surface area contributed by atoms with Crippen molar-refractivity contribution in [2.75, 3.05) is 32.5 Å². The van der Waals surface area contributed by atoms with Gasteiger partial charge < -0.3 is 14.8 Å². The van der Waals surface area contributed by atoms with Gasteiger partial charge in [0.1, 0.15) is 5.82 Å². The van der Waals surface area contributed by atoms with Gasteiger partial charge in [-0.25, -0.2) is 14.2 Å². The summed E-state index contributed by atoms with van der Waals surface area (Å²) in [5, 5.41) is 5.63. The number of pyridine rings is 1. The number of rotatable bonds is 6. The zero-order chi connectivity index (χ0) is 20.3. The predicted octanol–water partition coefficient (Wildman–Crippen LogP) is 2.97. The molecule has 7 nitrogen and oxygen atoms in total. The monoisotopic (exact) mass is 403 g/mol. The Bertz CT molecular complexity index is 1060. The van der Waals surface area contributed by atoms with Gasteiger partial charge in [0.2, 0.25) is 0 Å². The van der Waals surface area contributed by atoms with Gasteiger partial charge in [0.15, 0.2) is 5.13 Å². The molecule has 1 aromatic carbocycles. The van der Waals surface area contributed by atoms with Crippen molar-refractivity contribution in [3.8, 4) is 11.1 Å². The number of carbonyl (C=O) groups is 1. The third kappa shape index (κ3) is 4.55. The summed E-state index contributed by atoms with van der Waals surface area (Å²) in [6.07, 6.45) is 1.67. The number of hydrogen-bond acceptors (Lipinski definition) is 5. The van der Waals surface area contributed by atoms with E-state index < -0.39 is 5.82 Å². The van der Waals surface area contributed by atoms with Gasteiger partial charge in [-0.3, -0.25) is 10.1 Å². The summed E-state index contributed by atoms with van der Waals surface area (Å²) in [5.74, 6) is -0.439. The van der Waals surface area contributed by atoms with Crippen molar-refractivity contribution in [3.05, 3.63) is 46.6 Å². The van der Waals surface area contributed by atoms with Crippen LogP contribution in [0.2, 0.25) is 0 Å². The maximum absolute atomic E-state index is 14.6. The fourth-order valence-electron chi connectivity index (χ4n) is 2.69. The summed E-state index contributed by atoms with van der Waals surface area (Å²) in [5.41, 5.74) is 1.18. The molecule has 0 aliphatic heterocycles. The number of urea groups is 1. The molecular formula is C19H22FN5O2S. The van der Waals surface area contributed by atoms with Gasteiger partial charge in [-0.05, 0) is 44.8 Å². The molecule has 3 aromatic rings. The van der Waals surface area contributed by atoms with Crippen LogP contribution in [0.15, 0.2) is 35.3 Å². The molecule has 148 valence electrons. The van der Waals surface area contributed by atoms with E-state index in [-0.39, 0.29) is 11.6 Å². The van der Waals surface area contributed by atoms with Crippen LogP contribution in [0.4, 0.5) is 14.3 Å². The zero-order valence-corrected chi connectivity index (χ0v) is 16.8. The number of hydrogen-bond donors (Lipinski definition) is 2. The standard InChI is InChI=1S/C19H22FN5O2S/c1-4-21-18(27)23-19-22-15-10-13(14(20)11-16(15)28-19)12-5-6-25(17(26)9-12)8-7-24(2)3/h5-6,9-11H,4,7-8H2,1-3H3,(H2,21,22,23,27). The third-order valence-electron chi connectivity index (χ3n) is 4.13. The van der Waals surface area contributed by atoms with E-state index in [4.69, 9.17) is 0 Å². The molecule has 0 saturated carbocycles. The second-order valence-corrected chi connectivity index (χ2v) is 7.58. The molecule has 0 saturated heterocycles. The average Bonchev–Trinajstić information content (AvgIpc) is 3.00. The third-order valence-corrected chi connectivity index (χ3v) is 5.06. The maximum Gasteiger partial charge on any atom is 0.321 e. The molecule has 0 radical (unpaired) electrons. The van der Waals surface area contributed by atoms with Crippen LogP contribution in [0.25, 0.3) is 21.3 Å². The molecule has 0 atom stereocenters. The van der Waals surface area contributed by atoms with Crippen LogP contribution in [0.5, 0.6) is 0 Å². The fraction of sp³-hybridized carbons (Fsp3) is 0.316. The molecule has 2 amide bonds. The number of halogens is 1. The molecule has 9 heteroatoms. The lowest BCUT2D eigenvalue weighted by Gasteiger charge is -2.12. The Labute approximate surface area is 165 Å². The minimum absolute atomic E-state index is 0.185. The van der Waals surface area contributed by atoms with E-state index in [0.29, 0.717) is 39.6 Å². The number of nitrogens with zero attached hydrogens (tertiary/aromatic N) is 3. The van der Waals surface area contributed by atoms with Gasteiger partial charge >= 0.3 is 6.03 Å². The van der Waals surface area contributed by atoms with Crippen molar-refractivity contribution in [3.63, 3.8) is 0 Å². The van der Waals surface area contributed by atoms with Crippen LogP contribution in [0.1, 0.15) is 6.92 Å². The van der Waals surface area contributed by atoms with Crippen molar-refractivity contribution in [2.45, 2.75) is 13.5 Å². The van der Waals surface area contributed by atoms with Crippen LogP contribution >= 0.6 is 11.3 Å². The van der Waals surface area contributed by atoms with E-state index in [1.54, 1.807) is 22.9 Å². The Morgan fingerprint density at radius 1 is 1.32 bits per heavy atom. The van der Waals surface area contributed by atoms with Crippen molar-refractivity contribution in [1.29, 1.82) is 0 Å². The Morgan fingerprint density at radius 3 is 2.79 bits per heavy atom. The van der Waals surface area contributed by atoms with Gasteiger partial charge in [0, 0.05) is 37.5 Å². The van der Waals surface area contributed by atoms with Crippen LogP contribution < -0.4 is 16.2 Å². The largest absolute Gasteiger partial charge is 0.338 e. The number of anilines is 1. The number of fused-ring (bicyclic) bond motifs is 1. The molecule has 2 aromatic heterocycles. The molecule has 0 spiro atoms. The Balaban J connectivity index is 1.90. The lowest BCUT2D eigenvalue weighted by atomic mass is 10.1. The van der Waals surface area contributed by atoms with Crippen molar-refractivity contribution in [2.24, 2.45) is 0 Å². The Kier molecular flexibility index (Phi) is 6.05. The first-order valence-corrected chi connectivity index (χ1v) is 9.69. The lowest BCUT2D eigenvalue weighted by Crippen LogP contribution is -2.28. The van der Waals surface area contributed by atoms with Gasteiger partial charge in [-0.15, -0.1) is 0 Å². The van der Waals surface area contributed by atoms with Gasteiger partial charge in [-0.1, -0.05) is 11.3 Å². The van der Waals surface area contributed by atoms with E-state index >= 15 is 0 Å². The number of likely N-dealkylation sites (N-methyl/N-ethyl adjacent to an activating group) is 1. The summed E-state index contributed by atoms with van der Waals surface area (Å²) in [4.78, 5) is 30.3.